The molecule has 7 nitrogen and oxygen atoms in total. The zero-order valence-corrected chi connectivity index (χ0v) is 29.8. The summed E-state index contributed by atoms with van der Waals surface area (Å²) < 4.78 is 11.9. The number of hydrogen-bond acceptors (Lipinski definition) is 7. The number of nitrogens with zero attached hydrogens (tertiary/aromatic N) is 2. The van der Waals surface area contributed by atoms with E-state index in [4.69, 9.17) is 9.47 Å². The lowest BCUT2D eigenvalue weighted by Crippen LogP contribution is -2.72. The summed E-state index contributed by atoms with van der Waals surface area (Å²) in [6, 6.07) is 12.6. The first-order chi connectivity index (χ1) is 24.3. The summed E-state index contributed by atoms with van der Waals surface area (Å²) in [4.78, 5) is 18.7. The fourth-order valence-corrected chi connectivity index (χ4v) is 13.0. The summed E-state index contributed by atoms with van der Waals surface area (Å²) in [5.74, 6) is 2.55. The molecule has 2 aliphatic heterocycles. The normalized spacial score (nSPS) is 38.0. The van der Waals surface area contributed by atoms with Gasteiger partial charge in [-0.3, -0.25) is 9.80 Å². The average molecular weight is 681 g/mol. The quantitative estimate of drug-likeness (QED) is 0.247. The van der Waals surface area contributed by atoms with Crippen LogP contribution in [0, 0.1) is 11.8 Å². The molecule has 2 aromatic carbocycles. The van der Waals surface area contributed by atoms with Gasteiger partial charge in [0.25, 0.3) is 0 Å². The molecule has 0 amide bonds. The molecular formula is C43H56N2O5. The third-order valence-electron chi connectivity index (χ3n) is 16.0. The minimum Gasteiger partial charge on any atom is -0.395 e. The number of likely N-dealkylation sites (tertiary alicyclic amines) is 2. The van der Waals surface area contributed by atoms with Crippen LogP contribution in [0.3, 0.4) is 0 Å². The van der Waals surface area contributed by atoms with Crippen LogP contribution in [0.5, 0.6) is 11.5 Å². The Morgan fingerprint density at radius 2 is 1.06 bits per heavy atom. The van der Waals surface area contributed by atoms with E-state index >= 15 is 0 Å². The second kappa shape index (κ2) is 11.8. The summed E-state index contributed by atoms with van der Waals surface area (Å²) in [5.41, 5.74) is 2.91. The zero-order chi connectivity index (χ0) is 33.7. The number of ether oxygens (including phenoxy) is 2. The molecule has 6 aliphatic carbocycles. The number of benzene rings is 2. The van der Waals surface area contributed by atoms with Gasteiger partial charge in [0.15, 0.2) is 0 Å². The Kier molecular flexibility index (Phi) is 7.59. The molecule has 6 atom stereocenters. The van der Waals surface area contributed by atoms with Crippen LogP contribution in [0.1, 0.15) is 125 Å². The lowest BCUT2D eigenvalue weighted by Gasteiger charge is -2.64. The molecule has 4 bridgehead atoms. The number of hydrogen-bond donors (Lipinski definition) is 2. The van der Waals surface area contributed by atoms with Crippen LogP contribution < -0.4 is 9.47 Å². The van der Waals surface area contributed by atoms with Gasteiger partial charge in [0, 0.05) is 36.0 Å². The van der Waals surface area contributed by atoms with Crippen molar-refractivity contribution in [3.8, 4) is 11.5 Å². The monoisotopic (exact) mass is 680 g/mol. The molecule has 10 rings (SSSR count). The van der Waals surface area contributed by atoms with Crippen LogP contribution in [0.2, 0.25) is 0 Å². The van der Waals surface area contributed by atoms with Gasteiger partial charge in [0.05, 0.1) is 11.2 Å². The van der Waals surface area contributed by atoms with E-state index in [0.29, 0.717) is 11.5 Å². The van der Waals surface area contributed by atoms with Crippen molar-refractivity contribution in [1.29, 1.82) is 0 Å². The van der Waals surface area contributed by atoms with Crippen molar-refractivity contribution in [2.24, 2.45) is 11.8 Å². The number of aliphatic hydroxyl groups is 2. The van der Waals surface area contributed by atoms with Gasteiger partial charge >= 0.3 is 6.16 Å². The molecule has 0 aromatic heterocycles. The SMILES string of the molecule is O=C(Oc1ccc2c(c1)[C@@]13CCCC[C@@]1(O)C(C2)N(CC1CCC1)CC3)Oc1ccc2c(c1)[C@@]13CCCC[C@@]1(O)[C@@H](C2)N(CC1CCC1)CC3. The molecular weight excluding hydrogens is 624 g/mol. The summed E-state index contributed by atoms with van der Waals surface area (Å²) >= 11 is 0. The summed E-state index contributed by atoms with van der Waals surface area (Å²) in [6.45, 7) is 4.30. The number of rotatable bonds is 6. The fraction of sp³-hybridized carbons (Fsp3) is 0.698. The van der Waals surface area contributed by atoms with E-state index in [9.17, 15) is 15.0 Å². The van der Waals surface area contributed by atoms with Gasteiger partial charge in [0.1, 0.15) is 11.5 Å². The molecule has 268 valence electrons. The molecule has 1 unspecified atom stereocenters. The maximum absolute atomic E-state index is 13.4. The Morgan fingerprint density at radius 3 is 1.48 bits per heavy atom. The van der Waals surface area contributed by atoms with Gasteiger partial charge in [-0.2, -0.15) is 0 Å². The van der Waals surface area contributed by atoms with E-state index in [0.717, 1.165) is 115 Å². The average Bonchev–Trinajstić information content (AvgIpc) is 3.06. The van der Waals surface area contributed by atoms with Crippen molar-refractivity contribution in [2.75, 3.05) is 26.2 Å². The Morgan fingerprint density at radius 1 is 0.620 bits per heavy atom. The number of fused-ring (bicyclic) bond motifs is 2. The van der Waals surface area contributed by atoms with Crippen LogP contribution in [-0.2, 0) is 23.7 Å². The van der Waals surface area contributed by atoms with Crippen LogP contribution in [0.25, 0.3) is 0 Å². The van der Waals surface area contributed by atoms with E-state index in [-0.39, 0.29) is 22.9 Å². The highest BCUT2D eigenvalue weighted by atomic mass is 16.7. The van der Waals surface area contributed by atoms with Crippen molar-refractivity contribution in [1.82, 2.24) is 9.80 Å². The van der Waals surface area contributed by atoms with Gasteiger partial charge in [-0.15, -0.1) is 0 Å². The van der Waals surface area contributed by atoms with Gasteiger partial charge in [-0.05, 0) is 148 Å². The highest BCUT2D eigenvalue weighted by molar-refractivity contribution is 5.68. The van der Waals surface area contributed by atoms with Crippen LogP contribution in [0.15, 0.2) is 36.4 Å². The Hall–Kier alpha value is -2.45. The maximum atomic E-state index is 13.4. The molecule has 50 heavy (non-hydrogen) atoms. The van der Waals surface area contributed by atoms with Crippen molar-refractivity contribution in [2.45, 2.75) is 150 Å². The Bertz CT molecular complexity index is 1550. The first-order valence-corrected chi connectivity index (χ1v) is 20.4. The molecule has 0 radical (unpaired) electrons. The van der Waals surface area contributed by atoms with Crippen molar-refractivity contribution >= 4 is 6.16 Å². The summed E-state index contributed by atoms with van der Waals surface area (Å²) in [6.07, 6.45) is 19.0. The maximum Gasteiger partial charge on any atom is 0.519 e. The standard InChI is InChI=1S/C43H56N2O5/c46-39(49-33-13-11-31-23-37-42(47)17-3-1-15-40(42,35(31)25-33)19-21-44(37)27-29-7-5-8-29)50-34-14-12-32-24-38-43(48)18-4-2-16-41(43,36(32)26-34)20-22-45(38)28-30-9-6-10-30/h11-14,25-26,29-30,37-38,47-48H,1-10,15-24,27-28H2/t37-,38?,40+,41+,42-,43-/m1/s1. The lowest BCUT2D eigenvalue weighted by atomic mass is 9.49. The van der Waals surface area contributed by atoms with E-state index in [1.165, 1.54) is 60.8 Å². The van der Waals surface area contributed by atoms with Crippen molar-refractivity contribution in [3.05, 3.63) is 58.7 Å². The molecule has 2 saturated heterocycles. The molecule has 4 saturated carbocycles. The van der Waals surface area contributed by atoms with Gasteiger partial charge in [0.2, 0.25) is 0 Å². The highest BCUT2D eigenvalue weighted by Gasteiger charge is 2.64. The fourth-order valence-electron chi connectivity index (χ4n) is 13.0. The highest BCUT2D eigenvalue weighted by Crippen LogP contribution is 2.60. The van der Waals surface area contributed by atoms with Crippen LogP contribution in [-0.4, -0.2) is 75.6 Å². The number of piperidine rings is 2. The minimum atomic E-state index is -0.741. The lowest BCUT2D eigenvalue weighted by molar-refractivity contribution is -0.169. The Balaban J connectivity index is 0.894. The summed E-state index contributed by atoms with van der Waals surface area (Å²) in [5, 5.41) is 25.2. The van der Waals surface area contributed by atoms with Gasteiger partial charge in [-0.25, -0.2) is 4.79 Å². The van der Waals surface area contributed by atoms with E-state index in [1.807, 2.05) is 12.1 Å². The Labute approximate surface area is 297 Å². The summed E-state index contributed by atoms with van der Waals surface area (Å²) in [7, 11) is 0. The first kappa shape index (κ1) is 32.2. The number of carbonyl (C=O) groups excluding carboxylic acids is 1. The van der Waals surface area contributed by atoms with Crippen LogP contribution in [0.4, 0.5) is 4.79 Å². The molecule has 7 heteroatoms. The third-order valence-corrected chi connectivity index (χ3v) is 16.0. The molecule has 8 aliphatic rings. The van der Waals surface area contributed by atoms with Crippen LogP contribution >= 0.6 is 0 Å². The number of carbonyl (C=O) groups is 1. The molecule has 2 heterocycles. The van der Waals surface area contributed by atoms with Gasteiger partial charge in [-0.1, -0.05) is 50.7 Å². The van der Waals surface area contributed by atoms with E-state index in [1.54, 1.807) is 0 Å². The van der Waals surface area contributed by atoms with Crippen molar-refractivity contribution < 1.29 is 24.5 Å². The van der Waals surface area contributed by atoms with Gasteiger partial charge < -0.3 is 19.7 Å². The predicted octanol–water partition coefficient (Wildman–Crippen LogP) is 7.21. The zero-order valence-electron chi connectivity index (χ0n) is 29.8. The smallest absolute Gasteiger partial charge is 0.395 e. The van der Waals surface area contributed by atoms with E-state index in [2.05, 4.69) is 34.1 Å². The third kappa shape index (κ3) is 4.64. The predicted molar refractivity (Wildman–Crippen MR) is 192 cm³/mol. The molecule has 6 fully saturated rings. The molecule has 2 aromatic rings. The second-order valence-corrected chi connectivity index (χ2v) is 18.0. The minimum absolute atomic E-state index is 0.164. The second-order valence-electron chi connectivity index (χ2n) is 18.0. The molecule has 0 spiro atoms. The first-order valence-electron chi connectivity index (χ1n) is 20.4. The molecule has 2 N–H and O–H groups in total. The van der Waals surface area contributed by atoms with E-state index < -0.39 is 17.4 Å². The van der Waals surface area contributed by atoms with Crippen molar-refractivity contribution in [3.63, 3.8) is 0 Å². The largest absolute Gasteiger partial charge is 0.519 e. The topological polar surface area (TPSA) is 82.5 Å².